The predicted molar refractivity (Wildman–Crippen MR) is 82.8 cm³/mol. The molecule has 1 saturated heterocycles. The van der Waals surface area contributed by atoms with Crippen LogP contribution >= 0.6 is 0 Å². The Bertz CT molecular complexity index is 579. The first-order valence-electron chi connectivity index (χ1n) is 8.31. The third-order valence-corrected chi connectivity index (χ3v) is 4.53. The number of nitrogens with one attached hydrogen (secondary N) is 1. The van der Waals surface area contributed by atoms with Gasteiger partial charge >= 0.3 is 12.2 Å². The molecular weight excluding hydrogens is 321 g/mol. The summed E-state index contributed by atoms with van der Waals surface area (Å²) in [4.78, 5) is 13.7. The molecule has 7 heteroatoms. The predicted octanol–water partition coefficient (Wildman–Crippen LogP) is 3.81. The normalized spacial score (nSPS) is 19.7. The zero-order chi connectivity index (χ0) is 17.2. The van der Waals surface area contributed by atoms with Gasteiger partial charge in [0.25, 0.3) is 0 Å². The molecule has 1 aliphatic carbocycles. The van der Waals surface area contributed by atoms with Crippen molar-refractivity contribution >= 4 is 6.03 Å². The van der Waals surface area contributed by atoms with Gasteiger partial charge in [0.2, 0.25) is 0 Å². The molecule has 0 radical (unpaired) electrons. The number of hydrogen-bond donors (Lipinski definition) is 1. The van der Waals surface area contributed by atoms with Crippen LogP contribution in [0.15, 0.2) is 24.3 Å². The number of nitrogens with zero attached hydrogens (tertiary/aromatic N) is 1. The highest BCUT2D eigenvalue weighted by Crippen LogP contribution is 2.32. The smallest absolute Gasteiger partial charge is 0.416 e. The molecule has 0 spiro atoms. The number of carbonyl (C=O) groups is 1. The highest BCUT2D eigenvalue weighted by molar-refractivity contribution is 5.75. The second-order valence-electron chi connectivity index (χ2n) is 6.45. The van der Waals surface area contributed by atoms with Crippen LogP contribution in [0.5, 0.6) is 5.75 Å². The number of amides is 2. The topological polar surface area (TPSA) is 41.6 Å². The van der Waals surface area contributed by atoms with Gasteiger partial charge in [-0.05, 0) is 31.0 Å². The molecule has 132 valence electrons. The van der Waals surface area contributed by atoms with Gasteiger partial charge in [-0.15, -0.1) is 0 Å². The first-order valence-corrected chi connectivity index (χ1v) is 8.31. The Morgan fingerprint density at radius 1 is 1.17 bits per heavy atom. The summed E-state index contributed by atoms with van der Waals surface area (Å²) in [5.74, 6) is 0.183. The Balaban J connectivity index is 1.46. The van der Waals surface area contributed by atoms with Crippen LogP contribution < -0.4 is 10.1 Å². The van der Waals surface area contributed by atoms with Crippen LogP contribution in [0.3, 0.4) is 0 Å². The summed E-state index contributed by atoms with van der Waals surface area (Å²) >= 11 is 0. The van der Waals surface area contributed by atoms with Gasteiger partial charge in [0.05, 0.1) is 18.7 Å². The fourth-order valence-corrected chi connectivity index (χ4v) is 3.13. The quantitative estimate of drug-likeness (QED) is 0.907. The van der Waals surface area contributed by atoms with E-state index in [2.05, 4.69) is 5.32 Å². The summed E-state index contributed by atoms with van der Waals surface area (Å²) < 4.78 is 43.6. The standard InChI is InChI=1S/C17H21F3N2O2/c18-17(19,20)12-5-4-8-14(9-12)24-15-10-22(11-15)16(23)21-13-6-2-1-3-7-13/h4-5,8-9,13,15H,1-3,6-7,10-11H2,(H,21,23). The third kappa shape index (κ3) is 4.13. The number of benzene rings is 1. The molecule has 0 unspecified atom stereocenters. The van der Waals surface area contributed by atoms with Crippen LogP contribution in [0, 0.1) is 0 Å². The second-order valence-corrected chi connectivity index (χ2v) is 6.45. The molecule has 1 heterocycles. The number of halogens is 3. The van der Waals surface area contributed by atoms with E-state index >= 15 is 0 Å². The lowest BCUT2D eigenvalue weighted by Crippen LogP contribution is -2.60. The monoisotopic (exact) mass is 342 g/mol. The first kappa shape index (κ1) is 16.9. The molecule has 1 N–H and O–H groups in total. The summed E-state index contributed by atoms with van der Waals surface area (Å²) in [6, 6.07) is 4.97. The minimum atomic E-state index is -4.38. The summed E-state index contributed by atoms with van der Waals surface area (Å²) in [5, 5.41) is 3.02. The molecule has 3 rings (SSSR count). The van der Waals surface area contributed by atoms with Crippen molar-refractivity contribution in [3.05, 3.63) is 29.8 Å². The SMILES string of the molecule is O=C(NC1CCCCC1)N1CC(Oc2cccc(C(F)(F)F)c2)C1. The van der Waals surface area contributed by atoms with Crippen LogP contribution in [0.1, 0.15) is 37.7 Å². The molecule has 0 aromatic heterocycles. The van der Waals surface area contributed by atoms with Crippen molar-refractivity contribution in [2.75, 3.05) is 13.1 Å². The molecule has 24 heavy (non-hydrogen) atoms. The minimum absolute atomic E-state index is 0.106. The maximum absolute atomic E-state index is 12.7. The van der Waals surface area contributed by atoms with Crippen molar-refractivity contribution in [1.82, 2.24) is 10.2 Å². The minimum Gasteiger partial charge on any atom is -0.487 e. The van der Waals surface area contributed by atoms with Crippen LogP contribution in [-0.4, -0.2) is 36.2 Å². The summed E-state index contributed by atoms with van der Waals surface area (Å²) in [6.07, 6.45) is 0.908. The number of urea groups is 1. The molecule has 2 aliphatic rings. The first-order chi connectivity index (χ1) is 11.4. The molecule has 4 nitrogen and oxygen atoms in total. The average Bonchev–Trinajstić information content (AvgIpc) is 2.51. The fraction of sp³-hybridized carbons (Fsp3) is 0.588. The largest absolute Gasteiger partial charge is 0.487 e. The third-order valence-electron chi connectivity index (χ3n) is 4.53. The molecule has 2 fully saturated rings. The van der Waals surface area contributed by atoms with E-state index < -0.39 is 11.7 Å². The molecule has 1 saturated carbocycles. The number of likely N-dealkylation sites (tertiary alicyclic amines) is 1. The second kappa shape index (κ2) is 6.91. The summed E-state index contributed by atoms with van der Waals surface area (Å²) in [5.41, 5.74) is -0.730. The van der Waals surface area contributed by atoms with Gasteiger partial charge in [0, 0.05) is 6.04 Å². The van der Waals surface area contributed by atoms with Gasteiger partial charge in [-0.25, -0.2) is 4.79 Å². The Morgan fingerprint density at radius 3 is 2.54 bits per heavy atom. The lowest BCUT2D eigenvalue weighted by atomic mass is 9.95. The number of carbonyl (C=O) groups excluding carboxylic acids is 1. The maximum atomic E-state index is 12.7. The lowest BCUT2D eigenvalue weighted by Gasteiger charge is -2.40. The Morgan fingerprint density at radius 2 is 1.88 bits per heavy atom. The van der Waals surface area contributed by atoms with Gasteiger partial charge in [0.1, 0.15) is 11.9 Å². The van der Waals surface area contributed by atoms with E-state index in [4.69, 9.17) is 4.74 Å². The van der Waals surface area contributed by atoms with E-state index in [0.717, 1.165) is 37.8 Å². The Hall–Kier alpha value is -1.92. The zero-order valence-electron chi connectivity index (χ0n) is 13.3. The zero-order valence-corrected chi connectivity index (χ0v) is 13.3. The van der Waals surface area contributed by atoms with Crippen molar-refractivity contribution in [3.8, 4) is 5.75 Å². The van der Waals surface area contributed by atoms with Crippen molar-refractivity contribution in [1.29, 1.82) is 0 Å². The fourth-order valence-electron chi connectivity index (χ4n) is 3.13. The van der Waals surface area contributed by atoms with E-state index in [-0.39, 0.29) is 23.9 Å². The summed E-state index contributed by atoms with van der Waals surface area (Å²) in [7, 11) is 0. The van der Waals surface area contributed by atoms with Crippen molar-refractivity contribution in [2.24, 2.45) is 0 Å². The number of hydrogen-bond acceptors (Lipinski definition) is 2. The van der Waals surface area contributed by atoms with Gasteiger partial charge in [-0.2, -0.15) is 13.2 Å². The van der Waals surface area contributed by atoms with E-state index in [1.807, 2.05) is 0 Å². The van der Waals surface area contributed by atoms with Crippen molar-refractivity contribution in [3.63, 3.8) is 0 Å². The van der Waals surface area contributed by atoms with E-state index in [1.165, 1.54) is 18.6 Å². The van der Waals surface area contributed by atoms with Crippen LogP contribution in [0.25, 0.3) is 0 Å². The number of ether oxygens (including phenoxy) is 1. The highest BCUT2D eigenvalue weighted by atomic mass is 19.4. The van der Waals surface area contributed by atoms with Gasteiger partial charge < -0.3 is 15.0 Å². The molecular formula is C17H21F3N2O2. The maximum Gasteiger partial charge on any atom is 0.416 e. The Kier molecular flexibility index (Phi) is 4.87. The van der Waals surface area contributed by atoms with E-state index in [0.29, 0.717) is 13.1 Å². The van der Waals surface area contributed by atoms with Gasteiger partial charge in [-0.1, -0.05) is 25.3 Å². The van der Waals surface area contributed by atoms with Gasteiger partial charge in [0.15, 0.2) is 0 Å². The molecule has 0 bridgehead atoms. The van der Waals surface area contributed by atoms with Crippen molar-refractivity contribution < 1.29 is 22.7 Å². The molecule has 1 aromatic rings. The molecule has 2 amide bonds. The van der Waals surface area contributed by atoms with Crippen LogP contribution in [0.4, 0.5) is 18.0 Å². The van der Waals surface area contributed by atoms with Crippen molar-refractivity contribution in [2.45, 2.75) is 50.4 Å². The average molecular weight is 342 g/mol. The van der Waals surface area contributed by atoms with E-state index in [1.54, 1.807) is 4.90 Å². The molecule has 1 aromatic carbocycles. The van der Waals surface area contributed by atoms with E-state index in [9.17, 15) is 18.0 Å². The number of alkyl halides is 3. The highest BCUT2D eigenvalue weighted by Gasteiger charge is 2.34. The summed E-state index contributed by atoms with van der Waals surface area (Å²) in [6.45, 7) is 0.795. The van der Waals surface area contributed by atoms with Gasteiger partial charge in [-0.3, -0.25) is 0 Å². The number of rotatable bonds is 3. The Labute approximate surface area is 139 Å². The molecule has 1 aliphatic heterocycles. The lowest BCUT2D eigenvalue weighted by molar-refractivity contribution is -0.137. The molecule has 0 atom stereocenters. The van der Waals surface area contributed by atoms with Crippen LogP contribution in [-0.2, 0) is 6.18 Å². The van der Waals surface area contributed by atoms with Crippen LogP contribution in [0.2, 0.25) is 0 Å².